The van der Waals surface area contributed by atoms with E-state index >= 15 is 0 Å². The lowest BCUT2D eigenvalue weighted by atomic mass is 10.1. The van der Waals surface area contributed by atoms with Gasteiger partial charge in [0.1, 0.15) is 0 Å². The van der Waals surface area contributed by atoms with Crippen LogP contribution < -0.4 is 20.9 Å². The highest BCUT2D eigenvalue weighted by Gasteiger charge is 2.08. The summed E-state index contributed by atoms with van der Waals surface area (Å²) in [5.41, 5.74) is 0.192. The first-order chi connectivity index (χ1) is 9.02. The Hall–Kier alpha value is -1.95. The second-order valence-electron chi connectivity index (χ2n) is 3.81. The average molecular weight is 326 g/mol. The lowest BCUT2D eigenvalue weighted by Gasteiger charge is -2.08. The van der Waals surface area contributed by atoms with E-state index in [1.54, 1.807) is 18.2 Å². The molecule has 0 saturated carbocycles. The van der Waals surface area contributed by atoms with E-state index in [4.69, 9.17) is 4.74 Å². The number of halogens is 1. The molecule has 2 aromatic rings. The average Bonchev–Trinajstić information content (AvgIpc) is 2.67. The number of ether oxygens (including phenoxy) is 1. The lowest BCUT2D eigenvalue weighted by molar-refractivity contribution is 0.317. The van der Waals surface area contributed by atoms with Crippen molar-refractivity contribution in [2.45, 2.75) is 6.92 Å². The van der Waals surface area contributed by atoms with Crippen LogP contribution in [0.25, 0.3) is 12.7 Å². The Kier molecular flexibility index (Phi) is 3.80. The van der Waals surface area contributed by atoms with Crippen LogP contribution in [-0.2, 0) is 0 Å². The van der Waals surface area contributed by atoms with Gasteiger partial charge in [0.25, 0.3) is 0 Å². The molecule has 6 heteroatoms. The Bertz CT molecular complexity index is 729. The molecule has 1 aromatic heterocycles. The summed E-state index contributed by atoms with van der Waals surface area (Å²) >= 11 is 3.23. The van der Waals surface area contributed by atoms with E-state index in [9.17, 15) is 9.90 Å². The van der Waals surface area contributed by atoms with E-state index in [2.05, 4.69) is 32.2 Å². The topological polar surface area (TPSA) is 75.5 Å². The zero-order valence-corrected chi connectivity index (χ0v) is 11.8. The molecule has 0 bridgehead atoms. The highest BCUT2D eigenvalue weighted by molar-refractivity contribution is 9.10. The summed E-state index contributed by atoms with van der Waals surface area (Å²) in [5.74, 6) is 0.364. The normalized spacial score (nSPS) is 11.8. The van der Waals surface area contributed by atoms with Gasteiger partial charge in [-0.05, 0) is 46.6 Å². The first kappa shape index (κ1) is 13.5. The van der Waals surface area contributed by atoms with Crippen molar-refractivity contribution in [3.63, 3.8) is 0 Å². The monoisotopic (exact) mass is 325 g/mol. The van der Waals surface area contributed by atoms with Gasteiger partial charge < -0.3 is 14.4 Å². The molecule has 0 spiro atoms. The standard InChI is InChI=1S/C13H12BrNO4/c1-3-18-11-6-8(5-10(14)12(11)16)4-9-7(2)15-19-13(9)17/h4-6,15-16H,2-3H2,1H3. The van der Waals surface area contributed by atoms with Crippen LogP contribution in [0.3, 0.4) is 0 Å². The van der Waals surface area contributed by atoms with Crippen molar-refractivity contribution in [1.29, 1.82) is 0 Å². The van der Waals surface area contributed by atoms with Crippen LogP contribution in [-0.4, -0.2) is 16.9 Å². The minimum absolute atomic E-state index is 0.0231. The fourth-order valence-electron chi connectivity index (χ4n) is 1.60. The third-order valence-electron chi connectivity index (χ3n) is 2.47. The number of rotatable bonds is 3. The minimum atomic E-state index is -0.493. The molecule has 0 aliphatic rings. The second-order valence-corrected chi connectivity index (χ2v) is 4.66. The first-order valence-electron chi connectivity index (χ1n) is 5.56. The summed E-state index contributed by atoms with van der Waals surface area (Å²) in [7, 11) is 0. The summed E-state index contributed by atoms with van der Waals surface area (Å²) in [6.07, 6.45) is 1.61. The third kappa shape index (κ3) is 2.73. The van der Waals surface area contributed by atoms with Gasteiger partial charge >= 0.3 is 5.63 Å². The fraction of sp³-hybridized carbons (Fsp3) is 0.154. The molecule has 1 heterocycles. The zero-order valence-electron chi connectivity index (χ0n) is 10.2. The molecule has 0 fully saturated rings. The first-order valence-corrected chi connectivity index (χ1v) is 6.35. The van der Waals surface area contributed by atoms with E-state index in [0.29, 0.717) is 33.0 Å². The van der Waals surface area contributed by atoms with Crippen LogP contribution in [0.1, 0.15) is 12.5 Å². The molecule has 0 unspecified atom stereocenters. The second kappa shape index (κ2) is 5.36. The summed E-state index contributed by atoms with van der Waals surface area (Å²) in [5, 5.41) is 12.9. The van der Waals surface area contributed by atoms with Gasteiger partial charge in [-0.1, -0.05) is 6.58 Å². The summed E-state index contributed by atoms with van der Waals surface area (Å²) < 4.78 is 10.4. The highest BCUT2D eigenvalue weighted by atomic mass is 79.9. The van der Waals surface area contributed by atoms with Crippen LogP contribution in [0, 0.1) is 0 Å². The van der Waals surface area contributed by atoms with Gasteiger partial charge in [-0.2, -0.15) is 0 Å². The molecule has 0 radical (unpaired) electrons. The number of nitrogens with one attached hydrogen (secondary N) is 1. The maximum Gasteiger partial charge on any atom is 0.365 e. The largest absolute Gasteiger partial charge is 0.503 e. The van der Waals surface area contributed by atoms with Crippen LogP contribution in [0.15, 0.2) is 25.9 Å². The Morgan fingerprint density at radius 2 is 2.32 bits per heavy atom. The van der Waals surface area contributed by atoms with Crippen LogP contribution in [0.5, 0.6) is 11.5 Å². The van der Waals surface area contributed by atoms with Gasteiger partial charge in [0.2, 0.25) is 0 Å². The van der Waals surface area contributed by atoms with E-state index in [-0.39, 0.29) is 5.75 Å². The van der Waals surface area contributed by atoms with Crippen LogP contribution in [0.2, 0.25) is 0 Å². The number of hydrogen-bond acceptors (Lipinski definition) is 4. The van der Waals surface area contributed by atoms with Crippen molar-refractivity contribution in [2.75, 3.05) is 6.61 Å². The molecule has 0 aliphatic carbocycles. The SMILES string of the molecule is C=c1[nH]oc(=O)c1=Cc1cc(Br)c(O)c(OCC)c1. The van der Waals surface area contributed by atoms with Crippen molar-refractivity contribution in [1.82, 2.24) is 5.16 Å². The highest BCUT2D eigenvalue weighted by Crippen LogP contribution is 2.35. The van der Waals surface area contributed by atoms with Gasteiger partial charge in [-0.3, -0.25) is 0 Å². The van der Waals surface area contributed by atoms with Crippen molar-refractivity contribution < 1.29 is 14.4 Å². The van der Waals surface area contributed by atoms with Gasteiger partial charge in [-0.15, -0.1) is 0 Å². The quantitative estimate of drug-likeness (QED) is 0.885. The molecule has 19 heavy (non-hydrogen) atoms. The smallest absolute Gasteiger partial charge is 0.365 e. The molecule has 0 saturated heterocycles. The van der Waals surface area contributed by atoms with E-state index in [1.807, 2.05) is 6.92 Å². The van der Waals surface area contributed by atoms with Crippen molar-refractivity contribution >= 4 is 28.6 Å². The Morgan fingerprint density at radius 3 is 2.89 bits per heavy atom. The number of hydrogen-bond donors (Lipinski definition) is 2. The van der Waals surface area contributed by atoms with Crippen molar-refractivity contribution in [2.24, 2.45) is 0 Å². The minimum Gasteiger partial charge on any atom is -0.503 e. The Labute approximate surface area is 116 Å². The molecule has 5 nitrogen and oxygen atoms in total. The predicted molar refractivity (Wildman–Crippen MR) is 74.6 cm³/mol. The van der Waals surface area contributed by atoms with Crippen LogP contribution >= 0.6 is 15.9 Å². The number of H-pyrrole nitrogens is 1. The zero-order chi connectivity index (χ0) is 14.0. The van der Waals surface area contributed by atoms with Crippen molar-refractivity contribution in [3.8, 4) is 11.5 Å². The lowest BCUT2D eigenvalue weighted by Crippen LogP contribution is -2.31. The molecule has 2 rings (SSSR count). The molecule has 0 atom stereocenters. The van der Waals surface area contributed by atoms with E-state index in [0.717, 1.165) is 0 Å². The summed E-state index contributed by atoms with van der Waals surface area (Å²) in [6.45, 7) is 5.91. The molecule has 0 aliphatic heterocycles. The van der Waals surface area contributed by atoms with Gasteiger partial charge in [0.05, 0.1) is 21.6 Å². The number of phenols is 1. The van der Waals surface area contributed by atoms with Gasteiger partial charge in [0.15, 0.2) is 11.5 Å². The summed E-state index contributed by atoms with van der Waals surface area (Å²) in [4.78, 5) is 11.4. The fourth-order valence-corrected chi connectivity index (χ4v) is 2.06. The molecule has 0 amide bonds. The summed E-state index contributed by atoms with van der Waals surface area (Å²) in [6, 6.07) is 3.30. The predicted octanol–water partition coefficient (Wildman–Crippen LogP) is 1.07. The molecule has 1 aromatic carbocycles. The van der Waals surface area contributed by atoms with E-state index < -0.39 is 5.63 Å². The Balaban J connectivity index is 2.62. The molecular weight excluding hydrogens is 314 g/mol. The number of aromatic nitrogens is 1. The number of benzene rings is 1. The maximum absolute atomic E-state index is 11.4. The van der Waals surface area contributed by atoms with Crippen molar-refractivity contribution in [3.05, 3.63) is 43.2 Å². The van der Waals surface area contributed by atoms with E-state index in [1.165, 1.54) is 0 Å². The van der Waals surface area contributed by atoms with Gasteiger partial charge in [0, 0.05) is 0 Å². The molecule has 100 valence electrons. The molecule has 2 N–H and O–H groups in total. The number of aromatic hydroxyl groups is 1. The van der Waals surface area contributed by atoms with Gasteiger partial charge in [-0.25, -0.2) is 9.95 Å². The number of phenolic OH excluding ortho intramolecular Hbond substituents is 1. The maximum atomic E-state index is 11.4. The number of aromatic amines is 1. The molecular formula is C13H12BrNO4. The van der Waals surface area contributed by atoms with Crippen LogP contribution in [0.4, 0.5) is 0 Å². The Morgan fingerprint density at radius 1 is 1.58 bits per heavy atom. The third-order valence-corrected chi connectivity index (χ3v) is 3.08.